The highest BCUT2D eigenvalue weighted by Gasteiger charge is 2.55. The summed E-state index contributed by atoms with van der Waals surface area (Å²) in [5, 5.41) is 20.0. The second kappa shape index (κ2) is 7.32. The van der Waals surface area contributed by atoms with Gasteiger partial charge < -0.3 is 15.7 Å². The lowest BCUT2D eigenvalue weighted by Crippen LogP contribution is -2.58. The number of carbonyl (C=O) groups excluding carboxylic acids is 1. The molecule has 1 unspecified atom stereocenters. The first-order valence-corrected chi connectivity index (χ1v) is 8.63. The Hall–Kier alpha value is -2.39. The van der Waals surface area contributed by atoms with E-state index in [9.17, 15) is 23.1 Å². The molecule has 9 heteroatoms. The van der Waals surface area contributed by atoms with Crippen molar-refractivity contribution in [2.24, 2.45) is 0 Å². The number of piperidine rings is 1. The van der Waals surface area contributed by atoms with Crippen molar-refractivity contribution in [2.45, 2.75) is 30.2 Å². The Bertz CT molecular complexity index is 759. The van der Waals surface area contributed by atoms with Gasteiger partial charge in [-0.3, -0.25) is 9.48 Å². The van der Waals surface area contributed by atoms with Gasteiger partial charge >= 0.3 is 6.18 Å². The zero-order chi connectivity index (χ0) is 19.5. The fraction of sp³-hybridized carbons (Fsp3) is 0.444. The number of hydrogen-bond acceptors (Lipinski definition) is 4. The topological polar surface area (TPSA) is 79.2 Å². The average molecular weight is 382 g/mol. The number of rotatable bonds is 5. The van der Waals surface area contributed by atoms with Crippen LogP contribution in [0.4, 0.5) is 13.2 Å². The van der Waals surface area contributed by atoms with E-state index < -0.39 is 29.8 Å². The van der Waals surface area contributed by atoms with Gasteiger partial charge in [-0.05, 0) is 37.6 Å². The number of nitrogens with zero attached hydrogens (tertiary/aromatic N) is 2. The van der Waals surface area contributed by atoms with E-state index in [1.807, 2.05) is 0 Å². The molecule has 1 aliphatic rings. The Labute approximate surface area is 154 Å². The van der Waals surface area contributed by atoms with E-state index in [0.29, 0.717) is 25.9 Å². The van der Waals surface area contributed by atoms with Gasteiger partial charge in [-0.25, -0.2) is 0 Å². The lowest BCUT2D eigenvalue weighted by molar-refractivity contribution is -0.264. The molecule has 1 aliphatic heterocycles. The van der Waals surface area contributed by atoms with Gasteiger partial charge in [0.25, 0.3) is 0 Å². The van der Waals surface area contributed by atoms with Crippen molar-refractivity contribution in [1.29, 1.82) is 0 Å². The van der Waals surface area contributed by atoms with E-state index in [0.717, 1.165) is 0 Å². The summed E-state index contributed by atoms with van der Waals surface area (Å²) in [5.74, 6) is -0.591. The number of aliphatic hydroxyl groups is 1. The zero-order valence-corrected chi connectivity index (χ0v) is 14.5. The minimum Gasteiger partial charge on any atom is -0.375 e. The molecule has 6 nitrogen and oxygen atoms in total. The molecule has 1 saturated heterocycles. The maximum atomic E-state index is 13.6. The Kier molecular flexibility index (Phi) is 5.25. The summed E-state index contributed by atoms with van der Waals surface area (Å²) in [5.41, 5.74) is -4.59. The lowest BCUT2D eigenvalue weighted by atomic mass is 9.86. The normalized spacial score (nSPS) is 19.3. The molecule has 1 atom stereocenters. The fourth-order valence-electron chi connectivity index (χ4n) is 3.38. The van der Waals surface area contributed by atoms with E-state index in [-0.39, 0.29) is 5.56 Å². The van der Waals surface area contributed by atoms with Gasteiger partial charge in [-0.2, -0.15) is 18.3 Å². The van der Waals surface area contributed by atoms with Gasteiger partial charge in [0.15, 0.2) is 0 Å². The van der Waals surface area contributed by atoms with Crippen LogP contribution in [0, 0.1) is 0 Å². The number of halogens is 3. The number of carbonyl (C=O) groups is 1. The summed E-state index contributed by atoms with van der Waals surface area (Å²) in [6.07, 6.45) is -1.04. The van der Waals surface area contributed by atoms with Crippen molar-refractivity contribution >= 4 is 5.91 Å². The van der Waals surface area contributed by atoms with Gasteiger partial charge in [0.1, 0.15) is 5.54 Å². The molecule has 0 radical (unpaired) electrons. The van der Waals surface area contributed by atoms with Gasteiger partial charge in [0, 0.05) is 12.4 Å². The van der Waals surface area contributed by atoms with E-state index in [1.54, 1.807) is 18.3 Å². The number of amides is 1. The highest BCUT2D eigenvalue weighted by Crippen LogP contribution is 2.38. The second-order valence-electron chi connectivity index (χ2n) is 6.64. The maximum Gasteiger partial charge on any atom is 0.423 e. The van der Waals surface area contributed by atoms with Crippen LogP contribution in [-0.2, 0) is 15.9 Å². The average Bonchev–Trinajstić information content (AvgIpc) is 3.21. The van der Waals surface area contributed by atoms with E-state index in [4.69, 9.17) is 0 Å². The Balaban J connectivity index is 1.85. The van der Waals surface area contributed by atoms with Crippen molar-refractivity contribution in [3.8, 4) is 0 Å². The molecule has 0 aliphatic carbocycles. The van der Waals surface area contributed by atoms with Crippen LogP contribution in [0.1, 0.15) is 18.4 Å². The number of nitrogens with one attached hydrogen (secondary N) is 2. The minimum absolute atomic E-state index is 0.323. The Morgan fingerprint density at radius 1 is 1.22 bits per heavy atom. The Morgan fingerprint density at radius 2 is 1.89 bits per heavy atom. The number of benzene rings is 1. The number of hydrogen-bond donors (Lipinski definition) is 3. The first-order valence-electron chi connectivity index (χ1n) is 8.63. The molecule has 1 aromatic heterocycles. The second-order valence-corrected chi connectivity index (χ2v) is 6.64. The highest BCUT2D eigenvalue weighted by atomic mass is 19.4. The first kappa shape index (κ1) is 19.4. The van der Waals surface area contributed by atoms with Crippen molar-refractivity contribution in [3.05, 3.63) is 54.4 Å². The molecular weight excluding hydrogens is 361 g/mol. The standard InChI is InChI=1S/C18H21F3N4O2/c19-18(20,21)17(27,14-5-2-1-3-6-14)13-23-15(26)16(7-10-22-11-8-16)25-12-4-9-24-25/h1-6,9,12,22,27H,7-8,10-11,13H2,(H,23,26). The minimum atomic E-state index is -4.95. The van der Waals surface area contributed by atoms with Crippen LogP contribution in [0.2, 0.25) is 0 Å². The summed E-state index contributed by atoms with van der Waals surface area (Å²) in [4.78, 5) is 12.9. The molecule has 1 aromatic carbocycles. The number of alkyl halides is 3. The summed E-state index contributed by atoms with van der Waals surface area (Å²) < 4.78 is 42.4. The van der Waals surface area contributed by atoms with Crippen LogP contribution in [0.5, 0.6) is 0 Å². The third-order valence-corrected chi connectivity index (χ3v) is 5.02. The summed E-state index contributed by atoms with van der Waals surface area (Å²) in [6, 6.07) is 8.41. The first-order chi connectivity index (χ1) is 12.8. The van der Waals surface area contributed by atoms with Crippen molar-refractivity contribution in [1.82, 2.24) is 20.4 Å². The molecule has 3 rings (SSSR count). The summed E-state index contributed by atoms with van der Waals surface area (Å²) in [6.45, 7) is 0.0980. The smallest absolute Gasteiger partial charge is 0.375 e. The highest BCUT2D eigenvalue weighted by molar-refractivity contribution is 5.84. The van der Waals surface area contributed by atoms with Gasteiger partial charge in [-0.1, -0.05) is 30.3 Å². The van der Waals surface area contributed by atoms with E-state index in [2.05, 4.69) is 15.7 Å². The molecule has 1 fully saturated rings. The van der Waals surface area contributed by atoms with E-state index in [1.165, 1.54) is 35.1 Å². The molecule has 1 amide bonds. The predicted octanol–water partition coefficient (Wildman–Crippen LogP) is 1.53. The Morgan fingerprint density at radius 3 is 2.44 bits per heavy atom. The third kappa shape index (κ3) is 3.57. The van der Waals surface area contributed by atoms with E-state index >= 15 is 0 Å². The van der Waals surface area contributed by atoms with Crippen LogP contribution in [0.15, 0.2) is 48.8 Å². The molecule has 146 valence electrons. The van der Waals surface area contributed by atoms with Crippen LogP contribution in [-0.4, -0.2) is 46.6 Å². The largest absolute Gasteiger partial charge is 0.423 e. The monoisotopic (exact) mass is 382 g/mol. The van der Waals surface area contributed by atoms with Gasteiger partial charge in [-0.15, -0.1) is 0 Å². The van der Waals surface area contributed by atoms with Crippen LogP contribution < -0.4 is 10.6 Å². The number of aromatic nitrogens is 2. The molecule has 27 heavy (non-hydrogen) atoms. The maximum absolute atomic E-state index is 13.6. The van der Waals surface area contributed by atoms with Crippen LogP contribution in [0.25, 0.3) is 0 Å². The predicted molar refractivity (Wildman–Crippen MR) is 91.7 cm³/mol. The molecule has 2 aromatic rings. The molecule has 0 spiro atoms. The molecule has 3 N–H and O–H groups in total. The quantitative estimate of drug-likeness (QED) is 0.733. The van der Waals surface area contributed by atoms with Crippen molar-refractivity contribution in [2.75, 3.05) is 19.6 Å². The SMILES string of the molecule is O=C(NCC(O)(c1ccccc1)C(F)(F)F)C1(n2cccn2)CCNCC1. The third-order valence-electron chi connectivity index (χ3n) is 5.02. The van der Waals surface area contributed by atoms with Crippen LogP contribution in [0.3, 0.4) is 0 Å². The summed E-state index contributed by atoms with van der Waals surface area (Å²) in [7, 11) is 0. The lowest BCUT2D eigenvalue weighted by Gasteiger charge is -2.38. The molecule has 0 bridgehead atoms. The van der Waals surface area contributed by atoms with Crippen molar-refractivity contribution in [3.63, 3.8) is 0 Å². The molecule has 0 saturated carbocycles. The summed E-state index contributed by atoms with van der Waals surface area (Å²) >= 11 is 0. The van der Waals surface area contributed by atoms with Gasteiger partial charge in [0.2, 0.25) is 11.5 Å². The molecule has 2 heterocycles. The molecular formula is C18H21F3N4O2. The fourth-order valence-corrected chi connectivity index (χ4v) is 3.38. The van der Waals surface area contributed by atoms with Crippen LogP contribution >= 0.6 is 0 Å². The van der Waals surface area contributed by atoms with Gasteiger partial charge in [0.05, 0.1) is 6.54 Å². The zero-order valence-electron chi connectivity index (χ0n) is 14.5. The van der Waals surface area contributed by atoms with Crippen molar-refractivity contribution < 1.29 is 23.1 Å².